The molecule has 0 bridgehead atoms. The molecular formula is C9H16O3. The number of allylic oxidation sites excluding steroid dienone is 1. The largest absolute Gasteiger partial charge is 0.469 e. The van der Waals surface area contributed by atoms with Gasteiger partial charge in [-0.25, -0.2) is 0 Å². The summed E-state index contributed by atoms with van der Waals surface area (Å²) in [5, 5.41) is 8.42. The molecule has 0 radical (unpaired) electrons. The highest BCUT2D eigenvalue weighted by Gasteiger charge is 1.96. The first-order chi connectivity index (χ1) is 5.81. The Labute approximate surface area is 73.0 Å². The van der Waals surface area contributed by atoms with Crippen LogP contribution in [0.4, 0.5) is 0 Å². The zero-order valence-electron chi connectivity index (χ0n) is 7.45. The van der Waals surface area contributed by atoms with E-state index >= 15 is 0 Å². The fraction of sp³-hybridized carbons (Fsp3) is 0.667. The van der Waals surface area contributed by atoms with Crippen LogP contribution in [0.3, 0.4) is 0 Å². The van der Waals surface area contributed by atoms with E-state index in [-0.39, 0.29) is 12.6 Å². The number of ether oxygens (including phenoxy) is 1. The second-order valence-corrected chi connectivity index (χ2v) is 2.45. The first-order valence-electron chi connectivity index (χ1n) is 4.14. The minimum atomic E-state index is -0.162. The average molecular weight is 172 g/mol. The van der Waals surface area contributed by atoms with Crippen LogP contribution < -0.4 is 0 Å². The number of aliphatic hydroxyl groups is 1. The molecule has 0 aromatic rings. The fourth-order valence-electron chi connectivity index (χ4n) is 0.777. The van der Waals surface area contributed by atoms with Crippen molar-refractivity contribution in [2.24, 2.45) is 0 Å². The molecule has 0 spiro atoms. The number of unbranched alkanes of at least 4 members (excludes halogenated alkanes) is 1. The van der Waals surface area contributed by atoms with E-state index in [1.54, 1.807) is 0 Å². The lowest BCUT2D eigenvalue weighted by Gasteiger charge is -1.95. The van der Waals surface area contributed by atoms with Crippen LogP contribution in [-0.4, -0.2) is 24.8 Å². The van der Waals surface area contributed by atoms with Gasteiger partial charge >= 0.3 is 5.97 Å². The Balaban J connectivity index is 3.15. The molecule has 0 aliphatic rings. The van der Waals surface area contributed by atoms with Crippen LogP contribution in [0.15, 0.2) is 12.2 Å². The van der Waals surface area contributed by atoms with Gasteiger partial charge in [-0.1, -0.05) is 12.2 Å². The lowest BCUT2D eigenvalue weighted by Crippen LogP contribution is -1.98. The van der Waals surface area contributed by atoms with Crippen LogP contribution in [-0.2, 0) is 9.53 Å². The van der Waals surface area contributed by atoms with Crippen LogP contribution in [0.25, 0.3) is 0 Å². The van der Waals surface area contributed by atoms with Crippen molar-refractivity contribution in [1.82, 2.24) is 0 Å². The van der Waals surface area contributed by atoms with Gasteiger partial charge in [-0.15, -0.1) is 0 Å². The number of hydrogen-bond acceptors (Lipinski definition) is 3. The first kappa shape index (κ1) is 11.2. The minimum absolute atomic E-state index is 0.162. The lowest BCUT2D eigenvalue weighted by molar-refractivity contribution is -0.140. The monoisotopic (exact) mass is 172 g/mol. The van der Waals surface area contributed by atoms with Crippen molar-refractivity contribution in [1.29, 1.82) is 0 Å². The molecule has 0 saturated heterocycles. The van der Waals surface area contributed by atoms with Gasteiger partial charge in [0.05, 0.1) is 7.11 Å². The van der Waals surface area contributed by atoms with Crippen molar-refractivity contribution in [2.75, 3.05) is 13.7 Å². The van der Waals surface area contributed by atoms with Gasteiger partial charge in [-0.05, 0) is 19.3 Å². The molecule has 3 nitrogen and oxygen atoms in total. The quantitative estimate of drug-likeness (QED) is 0.373. The number of aliphatic hydroxyl groups excluding tert-OH is 1. The molecule has 70 valence electrons. The summed E-state index contributed by atoms with van der Waals surface area (Å²) in [7, 11) is 1.39. The maximum atomic E-state index is 10.6. The van der Waals surface area contributed by atoms with Crippen LogP contribution in [0.1, 0.15) is 25.7 Å². The normalized spacial score (nSPS) is 10.5. The molecule has 0 aromatic carbocycles. The van der Waals surface area contributed by atoms with E-state index in [0.29, 0.717) is 12.8 Å². The zero-order valence-corrected chi connectivity index (χ0v) is 7.45. The van der Waals surface area contributed by atoms with Gasteiger partial charge in [0.2, 0.25) is 0 Å². The second kappa shape index (κ2) is 8.27. The van der Waals surface area contributed by atoms with E-state index in [1.807, 2.05) is 12.2 Å². The maximum Gasteiger partial charge on any atom is 0.305 e. The predicted molar refractivity (Wildman–Crippen MR) is 46.7 cm³/mol. The number of carbonyl (C=O) groups is 1. The van der Waals surface area contributed by atoms with Gasteiger partial charge in [0.1, 0.15) is 0 Å². The van der Waals surface area contributed by atoms with Gasteiger partial charge in [-0.3, -0.25) is 4.79 Å². The smallest absolute Gasteiger partial charge is 0.305 e. The van der Waals surface area contributed by atoms with E-state index in [9.17, 15) is 4.79 Å². The van der Waals surface area contributed by atoms with E-state index in [1.165, 1.54) is 7.11 Å². The number of carbonyl (C=O) groups excluding carboxylic acids is 1. The molecule has 1 N–H and O–H groups in total. The lowest BCUT2D eigenvalue weighted by atomic mass is 10.2. The summed E-state index contributed by atoms with van der Waals surface area (Å²) in [5.74, 6) is -0.162. The van der Waals surface area contributed by atoms with Crippen LogP contribution in [0, 0.1) is 0 Å². The molecule has 0 amide bonds. The molecular weight excluding hydrogens is 156 g/mol. The summed E-state index contributed by atoms with van der Waals surface area (Å²) < 4.78 is 4.47. The third-order valence-electron chi connectivity index (χ3n) is 1.44. The van der Waals surface area contributed by atoms with Crippen LogP contribution >= 0.6 is 0 Å². The third-order valence-corrected chi connectivity index (χ3v) is 1.44. The maximum absolute atomic E-state index is 10.6. The topological polar surface area (TPSA) is 46.5 Å². The Morgan fingerprint density at radius 1 is 1.42 bits per heavy atom. The summed E-state index contributed by atoms with van der Waals surface area (Å²) in [5.41, 5.74) is 0. The number of esters is 1. The summed E-state index contributed by atoms with van der Waals surface area (Å²) in [6.07, 6.45) is 6.73. The van der Waals surface area contributed by atoms with Crippen molar-refractivity contribution >= 4 is 5.97 Å². The van der Waals surface area contributed by atoms with Crippen molar-refractivity contribution in [3.63, 3.8) is 0 Å². The average Bonchev–Trinajstić information content (AvgIpc) is 2.10. The van der Waals surface area contributed by atoms with E-state index in [4.69, 9.17) is 5.11 Å². The van der Waals surface area contributed by atoms with Crippen molar-refractivity contribution in [2.45, 2.75) is 25.7 Å². The molecule has 0 aliphatic heterocycles. The van der Waals surface area contributed by atoms with Gasteiger partial charge in [-0.2, -0.15) is 0 Å². The molecule has 0 aromatic heterocycles. The summed E-state index contributed by atoms with van der Waals surface area (Å²) in [6, 6.07) is 0. The third kappa shape index (κ3) is 7.28. The van der Waals surface area contributed by atoms with E-state index in [2.05, 4.69) is 4.74 Å². The summed E-state index contributed by atoms with van der Waals surface area (Å²) >= 11 is 0. The predicted octanol–water partition coefficient (Wildman–Crippen LogP) is 1.27. The Kier molecular flexibility index (Phi) is 7.70. The molecule has 0 atom stereocenters. The van der Waals surface area contributed by atoms with Gasteiger partial charge in [0, 0.05) is 13.0 Å². The molecule has 12 heavy (non-hydrogen) atoms. The Morgan fingerprint density at radius 2 is 2.08 bits per heavy atom. The molecule has 0 fully saturated rings. The second-order valence-electron chi connectivity index (χ2n) is 2.45. The summed E-state index contributed by atoms with van der Waals surface area (Å²) in [6.45, 7) is 0.188. The van der Waals surface area contributed by atoms with Crippen molar-refractivity contribution < 1.29 is 14.6 Å². The standard InChI is InChI=1S/C9H16O3/c1-12-9(11)7-5-3-2-4-6-8-10/h2,4,10H,3,5-8H2,1H3/b4-2-. The number of rotatable bonds is 6. The first-order valence-corrected chi connectivity index (χ1v) is 4.14. The highest BCUT2D eigenvalue weighted by atomic mass is 16.5. The number of hydrogen-bond donors (Lipinski definition) is 1. The SMILES string of the molecule is COC(=O)CCC/C=C\CCO. The van der Waals surface area contributed by atoms with Crippen LogP contribution in [0.5, 0.6) is 0 Å². The van der Waals surface area contributed by atoms with Crippen LogP contribution in [0.2, 0.25) is 0 Å². The highest BCUT2D eigenvalue weighted by Crippen LogP contribution is 1.98. The Hall–Kier alpha value is -0.830. The van der Waals surface area contributed by atoms with Gasteiger partial charge < -0.3 is 9.84 Å². The van der Waals surface area contributed by atoms with E-state index < -0.39 is 0 Å². The highest BCUT2D eigenvalue weighted by molar-refractivity contribution is 5.68. The molecule has 0 aliphatic carbocycles. The molecule has 0 saturated carbocycles. The Morgan fingerprint density at radius 3 is 2.67 bits per heavy atom. The van der Waals surface area contributed by atoms with Crippen molar-refractivity contribution in [3.05, 3.63) is 12.2 Å². The molecule has 0 heterocycles. The Bertz CT molecular complexity index is 141. The molecule has 0 unspecified atom stereocenters. The van der Waals surface area contributed by atoms with Crippen molar-refractivity contribution in [3.8, 4) is 0 Å². The summed E-state index contributed by atoms with van der Waals surface area (Å²) in [4.78, 5) is 10.6. The van der Waals surface area contributed by atoms with Gasteiger partial charge in [0.25, 0.3) is 0 Å². The van der Waals surface area contributed by atoms with Gasteiger partial charge in [0.15, 0.2) is 0 Å². The minimum Gasteiger partial charge on any atom is -0.469 e. The molecule has 0 rings (SSSR count). The molecule has 3 heteroatoms. The zero-order chi connectivity index (χ0) is 9.23. The fourth-order valence-corrected chi connectivity index (χ4v) is 0.777. The number of methoxy groups -OCH3 is 1. The van der Waals surface area contributed by atoms with E-state index in [0.717, 1.165) is 12.8 Å².